The summed E-state index contributed by atoms with van der Waals surface area (Å²) in [6.45, 7) is 9.69. The highest BCUT2D eigenvalue weighted by Crippen LogP contribution is 2.51. The Morgan fingerprint density at radius 1 is 1.17 bits per heavy atom. The number of benzene rings is 1. The van der Waals surface area contributed by atoms with E-state index in [4.69, 9.17) is 5.73 Å². The number of aliphatic imine (C=N–C) groups is 1. The minimum atomic E-state index is -4.47. The standard InChI is InChI=1S/C23H27F3N2O/c1-13(2)9-16-20(27)28-17-11-21(3,4)12-18(29)19(17)22(16,5)14-7-6-8-15(10-14)23(24,25)26/h6-10,13H,11-12H2,1-5H3,(H2,27,28)/b16-9+. The van der Waals surface area contributed by atoms with E-state index in [1.165, 1.54) is 6.07 Å². The Hall–Kier alpha value is -2.37. The summed E-state index contributed by atoms with van der Waals surface area (Å²) in [6, 6.07) is 5.19. The molecule has 6 heteroatoms. The SMILES string of the molecule is CC(C)/C=C1\C(N)=NC2=C(C(=O)CC(C)(C)C2)C1(C)c1cccc(C(F)(F)F)c1. The number of amidine groups is 1. The molecular weight excluding hydrogens is 377 g/mol. The molecule has 0 bridgehead atoms. The molecule has 0 saturated heterocycles. The number of halogens is 3. The first-order valence-electron chi connectivity index (χ1n) is 9.77. The van der Waals surface area contributed by atoms with Gasteiger partial charge in [-0.05, 0) is 36.3 Å². The van der Waals surface area contributed by atoms with Crippen LogP contribution >= 0.6 is 0 Å². The van der Waals surface area contributed by atoms with Crippen molar-refractivity contribution in [3.8, 4) is 0 Å². The molecule has 2 N–H and O–H groups in total. The number of allylic oxidation sites excluding steroid dienone is 3. The van der Waals surface area contributed by atoms with Crippen molar-refractivity contribution < 1.29 is 18.0 Å². The van der Waals surface area contributed by atoms with Gasteiger partial charge in [0.1, 0.15) is 5.84 Å². The number of nitrogens with two attached hydrogens (primary N) is 1. The fourth-order valence-electron chi connectivity index (χ4n) is 4.44. The Kier molecular flexibility index (Phi) is 5.04. The lowest BCUT2D eigenvalue weighted by Gasteiger charge is -2.43. The largest absolute Gasteiger partial charge is 0.416 e. The molecule has 3 nitrogen and oxygen atoms in total. The quantitative estimate of drug-likeness (QED) is 0.702. The Labute approximate surface area is 169 Å². The van der Waals surface area contributed by atoms with E-state index < -0.39 is 17.2 Å². The molecule has 0 aromatic heterocycles. The number of hydrogen-bond donors (Lipinski definition) is 1. The van der Waals surface area contributed by atoms with Crippen LogP contribution in [-0.4, -0.2) is 11.6 Å². The molecule has 1 aliphatic heterocycles. The average Bonchev–Trinajstić information content (AvgIpc) is 2.56. The zero-order valence-corrected chi connectivity index (χ0v) is 17.4. The van der Waals surface area contributed by atoms with Crippen molar-refractivity contribution in [2.45, 2.75) is 59.1 Å². The van der Waals surface area contributed by atoms with Crippen LogP contribution in [0.5, 0.6) is 0 Å². The third kappa shape index (κ3) is 3.77. The smallest absolute Gasteiger partial charge is 0.383 e. The molecule has 29 heavy (non-hydrogen) atoms. The molecule has 0 fully saturated rings. The number of Topliss-reactive ketones (excluding diaryl/α,β-unsaturated/α-hetero) is 1. The summed E-state index contributed by atoms with van der Waals surface area (Å²) in [5, 5.41) is 0. The second-order valence-corrected chi connectivity index (χ2v) is 9.29. The zero-order chi connectivity index (χ0) is 21.8. The van der Waals surface area contributed by atoms with Crippen LogP contribution in [0.4, 0.5) is 13.2 Å². The molecule has 0 amide bonds. The number of nitrogens with zero attached hydrogens (tertiary/aromatic N) is 1. The fourth-order valence-corrected chi connectivity index (χ4v) is 4.44. The summed E-state index contributed by atoms with van der Waals surface area (Å²) in [5.74, 6) is 0.270. The molecule has 0 radical (unpaired) electrons. The van der Waals surface area contributed by atoms with Gasteiger partial charge in [0.15, 0.2) is 5.78 Å². The highest BCUT2D eigenvalue weighted by Gasteiger charge is 2.48. The molecule has 1 atom stereocenters. The van der Waals surface area contributed by atoms with Crippen LogP contribution in [0.25, 0.3) is 0 Å². The zero-order valence-electron chi connectivity index (χ0n) is 17.4. The van der Waals surface area contributed by atoms with E-state index in [9.17, 15) is 18.0 Å². The molecule has 2 aliphatic rings. The number of hydrogen-bond acceptors (Lipinski definition) is 3. The monoisotopic (exact) mass is 404 g/mol. The van der Waals surface area contributed by atoms with Crippen molar-refractivity contribution in [2.75, 3.05) is 0 Å². The van der Waals surface area contributed by atoms with Crippen molar-refractivity contribution in [3.05, 3.63) is 58.3 Å². The second-order valence-electron chi connectivity index (χ2n) is 9.29. The predicted molar refractivity (Wildman–Crippen MR) is 108 cm³/mol. The molecule has 156 valence electrons. The number of rotatable bonds is 2. The van der Waals surface area contributed by atoms with Crippen LogP contribution in [0.15, 0.2) is 52.2 Å². The molecule has 0 spiro atoms. The van der Waals surface area contributed by atoms with E-state index >= 15 is 0 Å². The van der Waals surface area contributed by atoms with Gasteiger partial charge in [0.25, 0.3) is 0 Å². The number of ketones is 1. The molecule has 1 unspecified atom stereocenters. The molecule has 1 aliphatic carbocycles. The topological polar surface area (TPSA) is 55.4 Å². The average molecular weight is 404 g/mol. The third-order valence-corrected chi connectivity index (χ3v) is 5.69. The first-order chi connectivity index (χ1) is 13.3. The number of carbonyl (C=O) groups is 1. The predicted octanol–water partition coefficient (Wildman–Crippen LogP) is 5.56. The van der Waals surface area contributed by atoms with E-state index in [0.29, 0.717) is 35.2 Å². The number of alkyl halides is 3. The minimum absolute atomic E-state index is 0.0814. The lowest BCUT2D eigenvalue weighted by atomic mass is 9.61. The maximum atomic E-state index is 13.4. The molecule has 1 aromatic carbocycles. The molecule has 1 aromatic rings. The maximum absolute atomic E-state index is 13.4. The van der Waals surface area contributed by atoms with Gasteiger partial charge in [0.05, 0.1) is 16.7 Å². The van der Waals surface area contributed by atoms with Crippen LogP contribution in [0.1, 0.15) is 58.6 Å². The summed E-state index contributed by atoms with van der Waals surface area (Å²) in [7, 11) is 0. The summed E-state index contributed by atoms with van der Waals surface area (Å²) < 4.78 is 40.2. The van der Waals surface area contributed by atoms with Crippen molar-refractivity contribution in [2.24, 2.45) is 22.1 Å². The van der Waals surface area contributed by atoms with Crippen molar-refractivity contribution in [1.82, 2.24) is 0 Å². The van der Waals surface area contributed by atoms with Gasteiger partial charge < -0.3 is 5.73 Å². The van der Waals surface area contributed by atoms with E-state index in [2.05, 4.69) is 4.99 Å². The van der Waals surface area contributed by atoms with Crippen molar-refractivity contribution >= 4 is 11.6 Å². The van der Waals surface area contributed by atoms with Crippen molar-refractivity contribution in [1.29, 1.82) is 0 Å². The lowest BCUT2D eigenvalue weighted by molar-refractivity contribution is -0.137. The van der Waals surface area contributed by atoms with Crippen molar-refractivity contribution in [3.63, 3.8) is 0 Å². The van der Waals surface area contributed by atoms with Crippen LogP contribution in [-0.2, 0) is 16.4 Å². The highest BCUT2D eigenvalue weighted by molar-refractivity contribution is 6.10. The Balaban J connectivity index is 2.33. The Bertz CT molecular complexity index is 951. The molecule has 0 saturated carbocycles. The first kappa shape index (κ1) is 21.3. The maximum Gasteiger partial charge on any atom is 0.416 e. The van der Waals surface area contributed by atoms with Gasteiger partial charge in [-0.2, -0.15) is 13.2 Å². The van der Waals surface area contributed by atoms with E-state index in [1.54, 1.807) is 13.0 Å². The summed E-state index contributed by atoms with van der Waals surface area (Å²) >= 11 is 0. The Morgan fingerprint density at radius 3 is 2.41 bits per heavy atom. The second kappa shape index (κ2) is 6.85. The lowest BCUT2D eigenvalue weighted by Crippen LogP contribution is -2.44. The molecule has 1 heterocycles. The normalized spacial score (nSPS) is 26.0. The van der Waals surface area contributed by atoms with E-state index in [1.807, 2.05) is 33.8 Å². The Morgan fingerprint density at radius 2 is 1.83 bits per heavy atom. The van der Waals surface area contributed by atoms with Gasteiger partial charge in [-0.15, -0.1) is 0 Å². The van der Waals surface area contributed by atoms with Gasteiger partial charge in [-0.3, -0.25) is 4.79 Å². The molecule has 3 rings (SSSR count). The summed E-state index contributed by atoms with van der Waals surface area (Å²) in [6.07, 6.45) is -1.70. The van der Waals surface area contributed by atoms with Gasteiger partial charge in [0.2, 0.25) is 0 Å². The molecular formula is C23H27F3N2O. The van der Waals surface area contributed by atoms with Crippen LogP contribution in [0.2, 0.25) is 0 Å². The van der Waals surface area contributed by atoms with E-state index in [0.717, 1.165) is 12.1 Å². The summed E-state index contributed by atoms with van der Waals surface area (Å²) in [4.78, 5) is 17.8. The van der Waals surface area contributed by atoms with Gasteiger partial charge in [-0.1, -0.05) is 52.0 Å². The van der Waals surface area contributed by atoms with Crippen LogP contribution in [0.3, 0.4) is 0 Å². The van der Waals surface area contributed by atoms with Crippen LogP contribution in [0, 0.1) is 11.3 Å². The van der Waals surface area contributed by atoms with E-state index in [-0.39, 0.29) is 23.0 Å². The third-order valence-electron chi connectivity index (χ3n) is 5.69. The highest BCUT2D eigenvalue weighted by atomic mass is 19.4. The van der Waals surface area contributed by atoms with Gasteiger partial charge >= 0.3 is 6.18 Å². The fraction of sp³-hybridized carbons (Fsp3) is 0.478. The van der Waals surface area contributed by atoms with Crippen LogP contribution < -0.4 is 5.73 Å². The summed E-state index contributed by atoms with van der Waals surface area (Å²) in [5.41, 5.74) is 6.28. The van der Waals surface area contributed by atoms with Gasteiger partial charge in [-0.25, -0.2) is 4.99 Å². The van der Waals surface area contributed by atoms with Gasteiger partial charge in [0, 0.05) is 17.6 Å². The number of carbonyl (C=O) groups excluding carboxylic acids is 1. The minimum Gasteiger partial charge on any atom is -0.383 e. The first-order valence-corrected chi connectivity index (χ1v) is 9.77.